The molecule has 0 spiro atoms. The maximum absolute atomic E-state index is 5.66. The van der Waals surface area contributed by atoms with Crippen LogP contribution in [-0.2, 0) is 0 Å². The Hall–Kier alpha value is -0.470. The second kappa shape index (κ2) is 4.42. The smallest absolute Gasteiger partial charge is 0.129 e. The quantitative estimate of drug-likeness (QED) is 0.552. The van der Waals surface area contributed by atoms with Gasteiger partial charge >= 0.3 is 0 Å². The predicted molar refractivity (Wildman–Crippen MR) is 52.1 cm³/mol. The molecule has 3 heteroatoms. The molecule has 1 aromatic rings. The molecule has 0 fully saturated rings. The number of rotatable bonds is 2. The van der Waals surface area contributed by atoms with Gasteiger partial charge in [-0.05, 0) is 17.7 Å². The highest BCUT2D eigenvalue weighted by molar-refractivity contribution is 7.80. The van der Waals surface area contributed by atoms with Gasteiger partial charge in [-0.1, -0.05) is 23.8 Å². The lowest BCUT2D eigenvalue weighted by Crippen LogP contribution is -1.75. The molecule has 0 saturated carbocycles. The predicted octanol–water partition coefficient (Wildman–Crippen LogP) is 2.68. The number of thiol groups is 1. The van der Waals surface area contributed by atoms with E-state index in [-0.39, 0.29) is 0 Å². The molecule has 0 amide bonds. The van der Waals surface area contributed by atoms with Crippen molar-refractivity contribution in [2.24, 2.45) is 0 Å². The molecule has 0 bridgehead atoms. The Balaban J connectivity index is 2.79. The van der Waals surface area contributed by atoms with Crippen LogP contribution in [0.2, 0.25) is 5.15 Å². The van der Waals surface area contributed by atoms with E-state index in [0.29, 0.717) is 5.15 Å². The Morgan fingerprint density at radius 3 is 3.09 bits per heavy atom. The van der Waals surface area contributed by atoms with Crippen LogP contribution in [0.25, 0.3) is 6.08 Å². The minimum atomic E-state index is 0.520. The van der Waals surface area contributed by atoms with E-state index in [9.17, 15) is 0 Å². The van der Waals surface area contributed by atoms with Gasteiger partial charge < -0.3 is 0 Å². The summed E-state index contributed by atoms with van der Waals surface area (Å²) in [6.07, 6.45) is 5.59. The molecule has 0 aromatic carbocycles. The van der Waals surface area contributed by atoms with E-state index in [1.165, 1.54) is 0 Å². The van der Waals surface area contributed by atoms with Crippen molar-refractivity contribution >= 4 is 30.3 Å². The first-order chi connectivity index (χ1) is 5.33. The van der Waals surface area contributed by atoms with E-state index >= 15 is 0 Å². The number of hydrogen-bond donors (Lipinski definition) is 1. The fourth-order valence-corrected chi connectivity index (χ4v) is 0.998. The van der Waals surface area contributed by atoms with Gasteiger partial charge in [0.2, 0.25) is 0 Å². The van der Waals surface area contributed by atoms with E-state index in [1.807, 2.05) is 24.3 Å². The van der Waals surface area contributed by atoms with Crippen molar-refractivity contribution in [1.82, 2.24) is 4.98 Å². The van der Waals surface area contributed by atoms with Crippen LogP contribution in [0.5, 0.6) is 0 Å². The number of aromatic nitrogens is 1. The van der Waals surface area contributed by atoms with Gasteiger partial charge in [0.1, 0.15) is 5.15 Å². The second-order valence-corrected chi connectivity index (χ2v) is 2.75. The van der Waals surface area contributed by atoms with Crippen LogP contribution in [0.15, 0.2) is 24.4 Å². The van der Waals surface area contributed by atoms with Crippen LogP contribution in [0.3, 0.4) is 0 Å². The summed E-state index contributed by atoms with van der Waals surface area (Å²) in [6, 6.07) is 3.70. The van der Waals surface area contributed by atoms with E-state index in [0.717, 1.165) is 11.3 Å². The summed E-state index contributed by atoms with van der Waals surface area (Å²) in [5.74, 6) is 0.736. The Morgan fingerprint density at radius 2 is 2.45 bits per heavy atom. The molecule has 0 N–H and O–H groups in total. The molecule has 1 heterocycles. The molecule has 0 atom stereocenters. The van der Waals surface area contributed by atoms with Crippen LogP contribution in [0, 0.1) is 0 Å². The minimum Gasteiger partial charge on any atom is -0.245 e. The zero-order valence-corrected chi connectivity index (χ0v) is 7.52. The highest BCUT2D eigenvalue weighted by atomic mass is 35.5. The van der Waals surface area contributed by atoms with Crippen LogP contribution >= 0.6 is 24.2 Å². The van der Waals surface area contributed by atoms with E-state index in [1.54, 1.807) is 6.20 Å². The van der Waals surface area contributed by atoms with Crippen molar-refractivity contribution in [1.29, 1.82) is 0 Å². The van der Waals surface area contributed by atoms with Crippen molar-refractivity contribution in [2.45, 2.75) is 0 Å². The van der Waals surface area contributed by atoms with Crippen molar-refractivity contribution < 1.29 is 0 Å². The molecule has 1 rings (SSSR count). The van der Waals surface area contributed by atoms with Crippen LogP contribution in [0.1, 0.15) is 5.56 Å². The Morgan fingerprint density at radius 1 is 1.64 bits per heavy atom. The molecule has 0 unspecified atom stereocenters. The number of nitrogens with zero attached hydrogens (tertiary/aromatic N) is 1. The number of pyridine rings is 1. The SMILES string of the molecule is SCC=Cc1ccnc(Cl)c1. The Labute approximate surface area is 76.5 Å². The average molecular weight is 186 g/mol. The van der Waals surface area contributed by atoms with Gasteiger partial charge in [0.25, 0.3) is 0 Å². The zero-order valence-electron chi connectivity index (χ0n) is 5.87. The van der Waals surface area contributed by atoms with E-state index in [2.05, 4.69) is 17.6 Å². The second-order valence-electron chi connectivity index (χ2n) is 2.00. The van der Waals surface area contributed by atoms with Crippen molar-refractivity contribution in [2.75, 3.05) is 5.75 Å². The molecule has 1 aromatic heterocycles. The first-order valence-electron chi connectivity index (χ1n) is 3.22. The minimum absolute atomic E-state index is 0.520. The fraction of sp³-hybridized carbons (Fsp3) is 0.125. The molecule has 0 aliphatic heterocycles. The van der Waals surface area contributed by atoms with Crippen molar-refractivity contribution in [3.8, 4) is 0 Å². The molecule has 0 saturated heterocycles. The zero-order chi connectivity index (χ0) is 8.10. The first-order valence-corrected chi connectivity index (χ1v) is 4.23. The largest absolute Gasteiger partial charge is 0.245 e. The van der Waals surface area contributed by atoms with Gasteiger partial charge in [-0.3, -0.25) is 0 Å². The van der Waals surface area contributed by atoms with Crippen molar-refractivity contribution in [3.05, 3.63) is 35.1 Å². The Bertz CT molecular complexity index is 260. The van der Waals surface area contributed by atoms with Gasteiger partial charge in [-0.15, -0.1) is 0 Å². The molecule has 0 radical (unpaired) electrons. The highest BCUT2D eigenvalue weighted by Gasteiger charge is 1.88. The summed E-state index contributed by atoms with van der Waals surface area (Å²) in [6.45, 7) is 0. The summed E-state index contributed by atoms with van der Waals surface area (Å²) in [7, 11) is 0. The lowest BCUT2D eigenvalue weighted by atomic mass is 10.2. The maximum Gasteiger partial charge on any atom is 0.129 e. The summed E-state index contributed by atoms with van der Waals surface area (Å²) < 4.78 is 0. The normalized spacial score (nSPS) is 10.7. The topological polar surface area (TPSA) is 12.9 Å². The van der Waals surface area contributed by atoms with Crippen LogP contribution in [-0.4, -0.2) is 10.7 Å². The lowest BCUT2D eigenvalue weighted by molar-refractivity contribution is 1.32. The number of hydrogen-bond acceptors (Lipinski definition) is 2. The third kappa shape index (κ3) is 2.95. The molecule has 0 aliphatic carbocycles. The van der Waals surface area contributed by atoms with Gasteiger partial charge in [-0.2, -0.15) is 12.6 Å². The van der Waals surface area contributed by atoms with Crippen LogP contribution < -0.4 is 0 Å². The third-order valence-corrected chi connectivity index (χ3v) is 1.58. The maximum atomic E-state index is 5.66. The monoisotopic (exact) mass is 185 g/mol. The van der Waals surface area contributed by atoms with Gasteiger partial charge in [0.05, 0.1) is 0 Å². The van der Waals surface area contributed by atoms with Crippen molar-refractivity contribution in [3.63, 3.8) is 0 Å². The van der Waals surface area contributed by atoms with Gasteiger partial charge in [0.15, 0.2) is 0 Å². The highest BCUT2D eigenvalue weighted by Crippen LogP contribution is 2.08. The summed E-state index contributed by atoms with van der Waals surface area (Å²) in [4.78, 5) is 3.86. The lowest BCUT2D eigenvalue weighted by Gasteiger charge is -1.91. The first kappa shape index (κ1) is 8.62. The molecule has 58 valence electrons. The molecule has 11 heavy (non-hydrogen) atoms. The summed E-state index contributed by atoms with van der Waals surface area (Å²) >= 11 is 9.70. The van der Waals surface area contributed by atoms with Gasteiger partial charge in [-0.25, -0.2) is 4.98 Å². The number of halogens is 1. The van der Waals surface area contributed by atoms with E-state index in [4.69, 9.17) is 11.6 Å². The Kier molecular flexibility index (Phi) is 3.46. The molecular weight excluding hydrogens is 178 g/mol. The molecule has 0 aliphatic rings. The molecule has 1 nitrogen and oxygen atoms in total. The molecular formula is C8H8ClNS. The standard InChI is InChI=1S/C8H8ClNS/c9-8-6-7(2-1-5-11)3-4-10-8/h1-4,6,11H,5H2. The van der Waals surface area contributed by atoms with Gasteiger partial charge in [0, 0.05) is 11.9 Å². The average Bonchev–Trinajstić information content (AvgIpc) is 2.01. The van der Waals surface area contributed by atoms with Crippen LogP contribution in [0.4, 0.5) is 0 Å². The third-order valence-electron chi connectivity index (χ3n) is 1.17. The fourth-order valence-electron chi connectivity index (χ4n) is 0.710. The summed E-state index contributed by atoms with van der Waals surface area (Å²) in [5, 5.41) is 0.520. The van der Waals surface area contributed by atoms with E-state index < -0.39 is 0 Å². The summed E-state index contributed by atoms with van der Waals surface area (Å²) in [5.41, 5.74) is 1.05.